The van der Waals surface area contributed by atoms with Gasteiger partial charge in [-0.15, -0.1) is 0 Å². The molecule has 0 atom stereocenters. The van der Waals surface area contributed by atoms with Crippen molar-refractivity contribution in [3.8, 4) is 11.5 Å². The molecule has 3 nitrogen and oxygen atoms in total. The van der Waals surface area contributed by atoms with Crippen molar-refractivity contribution in [3.63, 3.8) is 0 Å². The maximum absolute atomic E-state index is 11.3. The van der Waals surface area contributed by atoms with Crippen LogP contribution in [0, 0.1) is 0 Å². The fraction of sp³-hybridized carbons (Fsp3) is 0.562. The van der Waals surface area contributed by atoms with Gasteiger partial charge in [0.2, 0.25) is 0 Å². The monoisotopic (exact) mass is 478 g/mol. The summed E-state index contributed by atoms with van der Waals surface area (Å²) < 4.78 is 6.59. The molecular weight excluding hydrogens is 432 g/mol. The van der Waals surface area contributed by atoms with Crippen LogP contribution in [0.5, 0.6) is 11.5 Å². The molecule has 192 valence electrons. The summed E-state index contributed by atoms with van der Waals surface area (Å²) in [4.78, 5) is 0. The van der Waals surface area contributed by atoms with Crippen LogP contribution in [-0.4, -0.2) is 16.8 Å². The Bertz CT molecular complexity index is 988. The fourth-order valence-electron chi connectivity index (χ4n) is 4.95. The van der Waals surface area contributed by atoms with E-state index in [-0.39, 0.29) is 21.7 Å². The third kappa shape index (κ3) is 5.03. The molecule has 1 aliphatic heterocycles. The van der Waals surface area contributed by atoms with Crippen molar-refractivity contribution in [2.24, 2.45) is 0 Å². The predicted octanol–water partition coefficient (Wildman–Crippen LogP) is 8.12. The van der Waals surface area contributed by atoms with E-state index in [0.717, 1.165) is 33.4 Å². The van der Waals surface area contributed by atoms with Gasteiger partial charge >= 0.3 is 0 Å². The lowest BCUT2D eigenvalue weighted by Gasteiger charge is -2.36. The molecule has 0 unspecified atom stereocenters. The van der Waals surface area contributed by atoms with E-state index in [4.69, 9.17) is 4.74 Å². The summed E-state index contributed by atoms with van der Waals surface area (Å²) in [6.07, 6.45) is 4.21. The number of phenolic OH excluding ortho intramolecular Hbond substituents is 2. The maximum atomic E-state index is 11.3. The van der Waals surface area contributed by atoms with E-state index in [1.807, 2.05) is 0 Å². The van der Waals surface area contributed by atoms with Crippen molar-refractivity contribution < 1.29 is 14.9 Å². The smallest absolute Gasteiger partial charge is 0.137 e. The lowest BCUT2D eigenvalue weighted by molar-refractivity contribution is 0.0567. The third-order valence-corrected chi connectivity index (χ3v) is 7.07. The second kappa shape index (κ2) is 8.40. The summed E-state index contributed by atoms with van der Waals surface area (Å²) >= 11 is 0. The van der Waals surface area contributed by atoms with Gasteiger partial charge in [0.1, 0.15) is 17.1 Å². The van der Waals surface area contributed by atoms with Crippen LogP contribution in [0.2, 0.25) is 0 Å². The van der Waals surface area contributed by atoms with Crippen LogP contribution in [-0.2, 0) is 32.0 Å². The van der Waals surface area contributed by atoms with E-state index in [1.165, 1.54) is 0 Å². The second-order valence-electron chi connectivity index (χ2n) is 14.3. The Morgan fingerprint density at radius 1 is 0.571 bits per heavy atom. The molecule has 35 heavy (non-hydrogen) atoms. The Morgan fingerprint density at radius 2 is 0.857 bits per heavy atom. The van der Waals surface area contributed by atoms with Gasteiger partial charge in [0.05, 0.1) is 6.61 Å². The molecule has 0 fully saturated rings. The van der Waals surface area contributed by atoms with E-state index in [1.54, 1.807) is 0 Å². The Kier molecular flexibility index (Phi) is 6.56. The summed E-state index contributed by atoms with van der Waals surface area (Å²) in [5.74, 6) is 0.727. The van der Waals surface area contributed by atoms with Crippen molar-refractivity contribution in [2.45, 2.75) is 110 Å². The molecule has 0 radical (unpaired) electrons. The first-order valence-electron chi connectivity index (χ1n) is 12.8. The van der Waals surface area contributed by atoms with Gasteiger partial charge in [0, 0.05) is 0 Å². The number of benzene rings is 2. The first-order chi connectivity index (χ1) is 15.7. The van der Waals surface area contributed by atoms with Crippen molar-refractivity contribution in [1.29, 1.82) is 0 Å². The zero-order chi connectivity index (χ0) is 26.8. The summed E-state index contributed by atoms with van der Waals surface area (Å²) in [7, 11) is 0. The highest BCUT2D eigenvalue weighted by Crippen LogP contribution is 2.49. The zero-order valence-corrected chi connectivity index (χ0v) is 24.0. The lowest BCUT2D eigenvalue weighted by Crippen LogP contribution is -2.30. The Hall–Kier alpha value is -2.26. The minimum atomic E-state index is -0.804. The van der Waals surface area contributed by atoms with E-state index in [0.29, 0.717) is 18.1 Å². The highest BCUT2D eigenvalue weighted by atomic mass is 16.5. The molecule has 1 aliphatic rings. The van der Waals surface area contributed by atoms with Gasteiger partial charge in [-0.1, -0.05) is 89.2 Å². The summed E-state index contributed by atoms with van der Waals surface area (Å²) in [6, 6.07) is 8.45. The normalized spacial score (nSPS) is 16.7. The van der Waals surface area contributed by atoms with Crippen LogP contribution in [0.1, 0.15) is 116 Å². The van der Waals surface area contributed by atoms with Gasteiger partial charge in [0.15, 0.2) is 0 Å². The molecule has 0 amide bonds. The topological polar surface area (TPSA) is 49.7 Å². The van der Waals surface area contributed by atoms with Crippen LogP contribution in [0.25, 0.3) is 0 Å². The SMILES string of the molecule is CC(C)(C)c1cc(C2(c3cc(C(C)(C)C)c(O)c(C(C)(C)C)c3)C=CCO2)cc(C(C)(C)C)c1O. The van der Waals surface area contributed by atoms with Crippen LogP contribution >= 0.6 is 0 Å². The molecule has 3 rings (SSSR count). The number of hydrogen-bond donors (Lipinski definition) is 2. The minimum absolute atomic E-state index is 0.244. The first-order valence-corrected chi connectivity index (χ1v) is 12.8. The fourth-order valence-corrected chi connectivity index (χ4v) is 4.95. The largest absolute Gasteiger partial charge is 0.507 e. The molecule has 0 saturated heterocycles. The zero-order valence-electron chi connectivity index (χ0n) is 24.0. The number of ether oxygens (including phenoxy) is 1. The van der Waals surface area contributed by atoms with Crippen molar-refractivity contribution in [2.75, 3.05) is 6.61 Å². The predicted molar refractivity (Wildman–Crippen MR) is 147 cm³/mol. The lowest BCUT2D eigenvalue weighted by atomic mass is 9.72. The van der Waals surface area contributed by atoms with Crippen molar-refractivity contribution in [3.05, 3.63) is 69.8 Å². The van der Waals surface area contributed by atoms with Crippen LogP contribution in [0.3, 0.4) is 0 Å². The molecule has 0 spiro atoms. The highest BCUT2D eigenvalue weighted by molar-refractivity contribution is 5.58. The molecular formula is C32H46O3. The minimum Gasteiger partial charge on any atom is -0.507 e. The Labute approximate surface area is 213 Å². The molecule has 3 heteroatoms. The number of rotatable bonds is 2. The molecule has 2 aromatic carbocycles. The first kappa shape index (κ1) is 27.3. The van der Waals surface area contributed by atoms with Gasteiger partial charge in [0.25, 0.3) is 0 Å². The van der Waals surface area contributed by atoms with E-state index in [9.17, 15) is 10.2 Å². The molecule has 0 bridgehead atoms. The van der Waals surface area contributed by atoms with Gasteiger partial charge in [-0.05, 0) is 85.4 Å². The average Bonchev–Trinajstić information content (AvgIpc) is 3.15. The molecule has 2 N–H and O–H groups in total. The van der Waals surface area contributed by atoms with Gasteiger partial charge in [-0.2, -0.15) is 0 Å². The van der Waals surface area contributed by atoms with Crippen molar-refractivity contribution in [1.82, 2.24) is 0 Å². The van der Waals surface area contributed by atoms with Crippen LogP contribution < -0.4 is 0 Å². The van der Waals surface area contributed by atoms with E-state index in [2.05, 4.69) is 120 Å². The quantitative estimate of drug-likeness (QED) is 0.429. The summed E-state index contributed by atoms with van der Waals surface area (Å²) in [5, 5.41) is 22.7. The van der Waals surface area contributed by atoms with Crippen molar-refractivity contribution >= 4 is 0 Å². The highest BCUT2D eigenvalue weighted by Gasteiger charge is 2.41. The second-order valence-corrected chi connectivity index (χ2v) is 14.3. The average molecular weight is 479 g/mol. The standard InChI is InChI=1S/C32H46O3/c1-28(2,3)22-16-20(17-23(26(22)33)29(4,5)6)32(14-13-15-35-32)21-18-24(30(7,8)9)27(34)25(19-21)31(10,11)12/h13-14,16-19,33-34H,15H2,1-12H3. The number of phenols is 2. The van der Waals surface area contributed by atoms with Gasteiger partial charge in [-0.25, -0.2) is 0 Å². The molecule has 0 saturated carbocycles. The third-order valence-electron chi connectivity index (χ3n) is 7.07. The summed E-state index contributed by atoms with van der Waals surface area (Å²) in [6.45, 7) is 26.1. The Morgan fingerprint density at radius 3 is 1.06 bits per heavy atom. The molecule has 0 aliphatic carbocycles. The Balaban J connectivity index is 2.45. The van der Waals surface area contributed by atoms with Gasteiger partial charge in [-0.3, -0.25) is 0 Å². The summed E-state index contributed by atoms with van der Waals surface area (Å²) in [5.41, 5.74) is 3.87. The molecule has 0 aromatic heterocycles. The van der Waals surface area contributed by atoms with Crippen LogP contribution in [0.4, 0.5) is 0 Å². The number of aromatic hydroxyl groups is 2. The van der Waals surface area contributed by atoms with Crippen LogP contribution in [0.15, 0.2) is 36.4 Å². The maximum Gasteiger partial charge on any atom is 0.137 e. The van der Waals surface area contributed by atoms with E-state index < -0.39 is 5.60 Å². The van der Waals surface area contributed by atoms with E-state index >= 15 is 0 Å². The molecule has 2 aromatic rings. The number of hydrogen-bond acceptors (Lipinski definition) is 3. The molecule has 1 heterocycles. The van der Waals surface area contributed by atoms with Gasteiger partial charge < -0.3 is 14.9 Å².